The molecule has 2 aliphatic carbocycles. The van der Waals surface area contributed by atoms with Crippen LogP contribution in [0.5, 0.6) is 5.75 Å². The highest BCUT2D eigenvalue weighted by atomic mass is 35.5. The second-order valence-electron chi connectivity index (χ2n) is 19.3. The number of fused-ring (bicyclic) bond motifs is 3. The van der Waals surface area contributed by atoms with Crippen LogP contribution < -0.4 is 31.8 Å². The number of carbonyl (C=O) groups is 1. The lowest BCUT2D eigenvalue weighted by Gasteiger charge is -2.43. The molecule has 9 atom stereocenters. The number of halogens is 1. The predicted molar refractivity (Wildman–Crippen MR) is 240 cm³/mol. The minimum absolute atomic E-state index is 0.0883. The molecule has 2 saturated carbocycles. The number of likely N-dealkylation sites (tertiary alicyclic amines) is 1. The quantitative estimate of drug-likeness (QED) is 0.171. The fourth-order valence-electron chi connectivity index (χ4n) is 11.6. The number of ether oxygens (including phenoxy) is 1. The van der Waals surface area contributed by atoms with E-state index in [1.807, 2.05) is 0 Å². The molecule has 5 heterocycles. The van der Waals surface area contributed by atoms with E-state index in [1.54, 1.807) is 18.2 Å². The van der Waals surface area contributed by atoms with Crippen LogP contribution in [0, 0.1) is 40.9 Å². The molecular formula is C47H66ClN9O2S. The zero-order valence-electron chi connectivity index (χ0n) is 35.9. The van der Waals surface area contributed by atoms with Gasteiger partial charge in [0.25, 0.3) is 0 Å². The Hall–Kier alpha value is -2.73. The highest BCUT2D eigenvalue weighted by Crippen LogP contribution is 2.49. The summed E-state index contributed by atoms with van der Waals surface area (Å²) in [6.45, 7) is 11.6. The Labute approximate surface area is 366 Å². The van der Waals surface area contributed by atoms with Gasteiger partial charge in [0, 0.05) is 29.0 Å². The van der Waals surface area contributed by atoms with Crippen molar-refractivity contribution in [2.75, 3.05) is 13.1 Å². The molecule has 5 aliphatic heterocycles. The molecule has 324 valence electrons. The van der Waals surface area contributed by atoms with Gasteiger partial charge in [-0.25, -0.2) is 21.7 Å². The molecule has 13 heteroatoms. The molecule has 1 amide bonds. The van der Waals surface area contributed by atoms with Crippen LogP contribution in [0.25, 0.3) is 0 Å². The number of nitrogens with zero attached hydrogens (tertiary/aromatic N) is 4. The van der Waals surface area contributed by atoms with Crippen molar-refractivity contribution < 1.29 is 9.53 Å². The van der Waals surface area contributed by atoms with Crippen LogP contribution in [0.1, 0.15) is 115 Å². The second-order valence-corrected chi connectivity index (χ2v) is 21.2. The summed E-state index contributed by atoms with van der Waals surface area (Å²) in [4.78, 5) is 23.9. The molecule has 0 radical (unpaired) electrons. The molecular weight excluding hydrogens is 790 g/mol. The van der Waals surface area contributed by atoms with Crippen LogP contribution in [0.15, 0.2) is 47.5 Å². The molecule has 7 aliphatic rings. The van der Waals surface area contributed by atoms with Crippen LogP contribution in [0.2, 0.25) is 5.02 Å². The molecule has 60 heavy (non-hydrogen) atoms. The average molecular weight is 857 g/mol. The maximum Gasteiger partial charge on any atom is 0.238 e. The number of rotatable bonds is 10. The van der Waals surface area contributed by atoms with Crippen LogP contribution in [0.3, 0.4) is 0 Å². The van der Waals surface area contributed by atoms with E-state index in [9.17, 15) is 4.79 Å². The minimum Gasteiger partial charge on any atom is -0.490 e. The summed E-state index contributed by atoms with van der Waals surface area (Å²) in [5, 5.41) is 13.9. The number of benzene rings is 2. The molecule has 6 fully saturated rings. The van der Waals surface area contributed by atoms with Crippen LogP contribution in [-0.4, -0.2) is 87.9 Å². The highest BCUT2D eigenvalue weighted by molar-refractivity contribution is 8.00. The van der Waals surface area contributed by atoms with E-state index >= 15 is 0 Å². The topological polar surface area (TPSA) is 129 Å². The van der Waals surface area contributed by atoms with Crippen LogP contribution in [0.4, 0.5) is 0 Å². The van der Waals surface area contributed by atoms with Gasteiger partial charge in [-0.3, -0.25) is 19.6 Å². The fraction of sp³-hybridized carbons (Fsp3) is 0.681. The molecule has 2 aromatic rings. The van der Waals surface area contributed by atoms with E-state index in [2.05, 4.69) is 107 Å². The molecule has 0 bridgehead atoms. The smallest absolute Gasteiger partial charge is 0.238 e. The summed E-state index contributed by atoms with van der Waals surface area (Å²) in [5.74, 6) is 4.32. The van der Waals surface area contributed by atoms with Gasteiger partial charge in [-0.1, -0.05) is 49.7 Å². The van der Waals surface area contributed by atoms with E-state index < -0.39 is 0 Å². The average Bonchev–Trinajstić information content (AvgIpc) is 3.73. The van der Waals surface area contributed by atoms with Crippen molar-refractivity contribution in [2.24, 2.45) is 34.6 Å². The number of hydrogen-bond acceptors (Lipinski definition) is 11. The van der Waals surface area contributed by atoms with E-state index in [1.165, 1.54) is 55.4 Å². The number of aliphatic imine (C=N–C) groups is 1. The van der Waals surface area contributed by atoms with E-state index in [0.717, 1.165) is 69.4 Å². The lowest BCUT2D eigenvalue weighted by molar-refractivity contribution is -0.125. The number of thioether (sulfide) groups is 1. The Kier molecular flexibility index (Phi) is 13.2. The third-order valence-corrected chi connectivity index (χ3v) is 17.3. The normalized spacial score (nSPS) is 37.5. The Morgan fingerprint density at radius 1 is 0.917 bits per heavy atom. The third-order valence-electron chi connectivity index (χ3n) is 15.3. The zero-order valence-corrected chi connectivity index (χ0v) is 37.5. The second kappa shape index (κ2) is 18.5. The first-order valence-electron chi connectivity index (χ1n) is 23.1. The number of hydrazine groups is 2. The Morgan fingerprint density at radius 3 is 2.38 bits per heavy atom. The monoisotopic (exact) mass is 855 g/mol. The zero-order chi connectivity index (χ0) is 41.5. The minimum atomic E-state index is -0.206. The molecule has 8 unspecified atom stereocenters. The largest absolute Gasteiger partial charge is 0.490 e. The summed E-state index contributed by atoms with van der Waals surface area (Å²) < 4.78 is 6.14. The van der Waals surface area contributed by atoms with Gasteiger partial charge in [0.15, 0.2) is 0 Å². The van der Waals surface area contributed by atoms with Crippen molar-refractivity contribution in [3.05, 3.63) is 64.2 Å². The first-order valence-corrected chi connectivity index (χ1v) is 24.4. The molecule has 4 saturated heterocycles. The molecule has 0 spiro atoms. The summed E-state index contributed by atoms with van der Waals surface area (Å²) >= 11 is 8.32. The maximum atomic E-state index is 13.2. The number of nitrogens with one attached hydrogen (secondary N) is 5. The number of amides is 1. The molecule has 2 aromatic carbocycles. The number of carbonyl (C=O) groups excluding carboxylic acids is 1. The summed E-state index contributed by atoms with van der Waals surface area (Å²) in [6.07, 6.45) is 14.1. The van der Waals surface area contributed by atoms with Crippen molar-refractivity contribution in [1.29, 1.82) is 5.26 Å². The van der Waals surface area contributed by atoms with Crippen LogP contribution >= 0.6 is 23.4 Å². The number of piperidine rings is 1. The van der Waals surface area contributed by atoms with Crippen molar-refractivity contribution in [2.45, 2.75) is 158 Å². The Balaban J connectivity index is 0.663. The van der Waals surface area contributed by atoms with Gasteiger partial charge in [-0.2, -0.15) is 5.26 Å². The Morgan fingerprint density at radius 2 is 1.68 bits per heavy atom. The Bertz CT molecular complexity index is 1880. The lowest BCUT2D eigenvalue weighted by Crippen LogP contribution is -2.63. The van der Waals surface area contributed by atoms with E-state index in [0.29, 0.717) is 45.0 Å². The van der Waals surface area contributed by atoms with Gasteiger partial charge in [0.1, 0.15) is 17.9 Å². The van der Waals surface area contributed by atoms with Gasteiger partial charge in [0.2, 0.25) is 5.91 Å². The maximum absolute atomic E-state index is 13.2. The van der Waals surface area contributed by atoms with Gasteiger partial charge in [0.05, 0.1) is 46.6 Å². The van der Waals surface area contributed by atoms with Gasteiger partial charge in [-0.15, -0.1) is 11.8 Å². The number of nitriles is 1. The van der Waals surface area contributed by atoms with Crippen molar-refractivity contribution in [1.82, 2.24) is 36.8 Å². The summed E-state index contributed by atoms with van der Waals surface area (Å²) in [5.41, 5.74) is 18.5. The predicted octanol–water partition coefficient (Wildman–Crippen LogP) is 6.96. The lowest BCUT2D eigenvalue weighted by atomic mass is 9.68. The highest BCUT2D eigenvalue weighted by Gasteiger charge is 2.52. The summed E-state index contributed by atoms with van der Waals surface area (Å²) in [6, 6.07) is 17.0. The van der Waals surface area contributed by atoms with Crippen LogP contribution in [-0.2, 0) is 11.2 Å². The summed E-state index contributed by atoms with van der Waals surface area (Å²) in [7, 11) is 0. The van der Waals surface area contributed by atoms with Gasteiger partial charge >= 0.3 is 0 Å². The third kappa shape index (κ3) is 9.17. The molecule has 9 rings (SSSR count). The van der Waals surface area contributed by atoms with E-state index in [4.69, 9.17) is 26.6 Å². The number of hydrogen-bond donors (Lipinski definition) is 5. The van der Waals surface area contributed by atoms with Gasteiger partial charge in [-0.05, 0) is 151 Å². The molecule has 0 aromatic heterocycles. The SMILES string of the molecule is CC1SC2C(C(c3ccc(CC4CC(CC5CCN(C6CCC(C(=O)NC7CCC(Oc8ccc(C#N)c(Cl)c8)CC7)NN6)CC5)C4)cc3)=N[C@@H](C)C3NNC(C)N23)C1C. The standard InChI is InChI=1S/C47H66ClN9O2S/c1-27-29(3)60-47-43(27)44(50-28(2)45-55-52-30(4)57(45)47)35-7-5-31(6-8-35)21-33-23-34(24-33)22-32-17-19-56(20-18-32)42-16-15-41(53-54-42)46(58)51-37-10-13-38(14-11-37)59-39-12-9-36(26-49)40(48)25-39/h5-9,12,25,27-30,32-34,37-38,41-43,45,47,52-55H,10-11,13-24H2,1-4H3,(H,51,58)/t27?,28-,29?,30?,33?,34?,37?,38?,41?,42?,43?,45?,47?/m0/s1. The van der Waals surface area contributed by atoms with Crippen molar-refractivity contribution >= 4 is 35.0 Å². The van der Waals surface area contributed by atoms with Gasteiger partial charge < -0.3 is 10.1 Å². The van der Waals surface area contributed by atoms with Crippen molar-refractivity contribution in [3.8, 4) is 11.8 Å². The first-order chi connectivity index (χ1) is 29.1. The molecule has 11 nitrogen and oxygen atoms in total. The van der Waals surface area contributed by atoms with E-state index in [-0.39, 0.29) is 42.5 Å². The molecule has 5 N–H and O–H groups in total. The van der Waals surface area contributed by atoms with Crippen molar-refractivity contribution in [3.63, 3.8) is 0 Å². The fourth-order valence-corrected chi connectivity index (χ4v) is 13.6. The first kappa shape index (κ1) is 42.6.